The maximum atomic E-state index is 11.1. The van der Waals surface area contributed by atoms with Crippen LogP contribution in [0.2, 0.25) is 18.1 Å². The Morgan fingerprint density at radius 1 is 1.15 bits per heavy atom. The molecule has 4 heteroatoms. The van der Waals surface area contributed by atoms with Crippen molar-refractivity contribution in [1.82, 2.24) is 0 Å². The van der Waals surface area contributed by atoms with Crippen molar-refractivity contribution in [3.63, 3.8) is 0 Å². The lowest BCUT2D eigenvalue weighted by Gasteiger charge is -2.35. The quantitative estimate of drug-likeness (QED) is 0.194. The predicted molar refractivity (Wildman–Crippen MR) is 113 cm³/mol. The summed E-state index contributed by atoms with van der Waals surface area (Å²) in [7, 11) is -0.191. The molecular weight excluding hydrogens is 340 g/mol. The molecule has 0 unspecified atom stereocenters. The molecule has 0 aromatic rings. The Morgan fingerprint density at radius 3 is 2.54 bits per heavy atom. The van der Waals surface area contributed by atoms with Crippen LogP contribution >= 0.6 is 0 Å². The van der Waals surface area contributed by atoms with Crippen LogP contribution in [0.25, 0.3) is 0 Å². The van der Waals surface area contributed by atoms with Crippen LogP contribution in [0.1, 0.15) is 65.7 Å². The van der Waals surface area contributed by atoms with E-state index in [2.05, 4.69) is 62.9 Å². The van der Waals surface area contributed by atoms with Gasteiger partial charge in [0, 0.05) is 6.42 Å². The number of carbonyl (C=O) groups excluding carboxylic acids is 1. The lowest BCUT2D eigenvalue weighted by molar-refractivity contribution is -0.140. The second-order valence-electron chi connectivity index (χ2n) is 9.03. The molecule has 1 fully saturated rings. The van der Waals surface area contributed by atoms with Crippen LogP contribution in [0.4, 0.5) is 0 Å². The van der Waals surface area contributed by atoms with Gasteiger partial charge in [0.25, 0.3) is 0 Å². The third kappa shape index (κ3) is 8.21. The smallest absolute Gasteiger partial charge is 0.305 e. The number of rotatable bonds is 10. The molecule has 0 spiro atoms. The van der Waals surface area contributed by atoms with Gasteiger partial charge in [-0.05, 0) is 62.1 Å². The highest BCUT2D eigenvalue weighted by atomic mass is 28.4. The monoisotopic (exact) mass is 380 g/mol. The van der Waals surface area contributed by atoms with Crippen LogP contribution in [0.5, 0.6) is 0 Å². The van der Waals surface area contributed by atoms with Crippen LogP contribution in [0.15, 0.2) is 24.3 Å². The van der Waals surface area contributed by atoms with Crippen LogP contribution in [-0.2, 0) is 14.0 Å². The molecule has 0 amide bonds. The number of methoxy groups -OCH3 is 1. The van der Waals surface area contributed by atoms with Crippen molar-refractivity contribution in [2.75, 3.05) is 13.7 Å². The summed E-state index contributed by atoms with van der Waals surface area (Å²) < 4.78 is 10.9. The molecule has 1 aliphatic rings. The zero-order valence-corrected chi connectivity index (χ0v) is 18.8. The van der Waals surface area contributed by atoms with E-state index in [0.717, 1.165) is 31.8 Å². The summed E-state index contributed by atoms with van der Waals surface area (Å²) in [5, 5.41) is 0.273. The second-order valence-corrected chi connectivity index (χ2v) is 13.8. The molecule has 1 aliphatic carbocycles. The largest absolute Gasteiger partial charge is 0.469 e. The van der Waals surface area contributed by atoms with E-state index in [4.69, 9.17) is 4.43 Å². The number of allylic oxidation sites excluding steroid dienone is 3. The Labute approximate surface area is 162 Å². The molecule has 3 nitrogen and oxygen atoms in total. The molecule has 2 atom stereocenters. The summed E-state index contributed by atoms with van der Waals surface area (Å²) in [5.74, 6) is 1.34. The summed E-state index contributed by atoms with van der Waals surface area (Å²) in [6.45, 7) is 12.2. The van der Waals surface area contributed by atoms with E-state index in [9.17, 15) is 4.79 Å². The van der Waals surface area contributed by atoms with Crippen molar-refractivity contribution in [2.24, 2.45) is 11.8 Å². The number of hydrogen-bond donors (Lipinski definition) is 0. The molecule has 1 saturated carbocycles. The molecular formula is C22H40O3Si. The van der Waals surface area contributed by atoms with Gasteiger partial charge >= 0.3 is 5.97 Å². The molecule has 0 bridgehead atoms. The van der Waals surface area contributed by atoms with E-state index in [1.54, 1.807) is 0 Å². The van der Waals surface area contributed by atoms with Gasteiger partial charge in [-0.15, -0.1) is 0 Å². The van der Waals surface area contributed by atoms with E-state index in [0.29, 0.717) is 12.3 Å². The fourth-order valence-corrected chi connectivity index (χ4v) is 4.12. The van der Waals surface area contributed by atoms with E-state index >= 15 is 0 Å². The summed E-state index contributed by atoms with van der Waals surface area (Å²) >= 11 is 0. The topological polar surface area (TPSA) is 35.5 Å². The minimum absolute atomic E-state index is 0.112. The fourth-order valence-electron chi connectivity index (χ4n) is 3.17. The summed E-state index contributed by atoms with van der Waals surface area (Å²) in [6, 6.07) is 0. The zero-order valence-electron chi connectivity index (χ0n) is 17.8. The first kappa shape index (κ1) is 23.2. The number of esters is 1. The molecule has 26 heavy (non-hydrogen) atoms. The van der Waals surface area contributed by atoms with Crippen LogP contribution in [0.3, 0.4) is 0 Å². The molecule has 0 saturated heterocycles. The van der Waals surface area contributed by atoms with E-state index in [1.165, 1.54) is 26.4 Å². The normalized spacial score (nSPS) is 21.8. The van der Waals surface area contributed by atoms with Gasteiger partial charge in [0.15, 0.2) is 8.32 Å². The first-order valence-corrected chi connectivity index (χ1v) is 13.1. The second kappa shape index (κ2) is 11.1. The van der Waals surface area contributed by atoms with Gasteiger partial charge in [-0.25, -0.2) is 0 Å². The Balaban J connectivity index is 2.31. The predicted octanol–water partition coefficient (Wildman–Crippen LogP) is 6.27. The number of hydrogen-bond acceptors (Lipinski definition) is 3. The van der Waals surface area contributed by atoms with Gasteiger partial charge in [0.1, 0.15) is 0 Å². The van der Waals surface area contributed by atoms with Gasteiger partial charge in [-0.3, -0.25) is 4.79 Å². The Kier molecular flexibility index (Phi) is 9.87. The van der Waals surface area contributed by atoms with Gasteiger partial charge in [-0.2, -0.15) is 0 Å². The van der Waals surface area contributed by atoms with Gasteiger partial charge in [0.05, 0.1) is 13.7 Å². The van der Waals surface area contributed by atoms with Crippen molar-refractivity contribution < 1.29 is 14.0 Å². The average Bonchev–Trinajstić information content (AvgIpc) is 3.00. The van der Waals surface area contributed by atoms with Crippen molar-refractivity contribution >= 4 is 14.3 Å². The molecule has 1 rings (SSSR count). The van der Waals surface area contributed by atoms with Crippen molar-refractivity contribution in [3.05, 3.63) is 24.3 Å². The molecule has 0 aromatic heterocycles. The van der Waals surface area contributed by atoms with Crippen molar-refractivity contribution in [1.29, 1.82) is 0 Å². The summed E-state index contributed by atoms with van der Waals surface area (Å²) in [6.07, 6.45) is 16.6. The van der Waals surface area contributed by atoms with Crippen molar-refractivity contribution in [2.45, 2.75) is 83.8 Å². The Morgan fingerprint density at radius 2 is 1.88 bits per heavy atom. The molecule has 0 aliphatic heterocycles. The number of ether oxygens (including phenoxy) is 1. The molecule has 150 valence electrons. The van der Waals surface area contributed by atoms with Gasteiger partial charge in [-0.1, -0.05) is 51.5 Å². The highest BCUT2D eigenvalue weighted by Gasteiger charge is 2.36. The maximum absolute atomic E-state index is 11.1. The standard InChI is InChI=1S/C22H40O3Si/c1-22(2,3)26(5,6)25-18-12-16-20-15-11-14-19(20)13-9-7-8-10-17-21(23)24-4/h7,9,12,16,19-20H,8,10-11,13-15,17-18H2,1-6H3/b9-7-,16-12+/t19-,20-/m1/s1. The molecule has 0 N–H and O–H groups in total. The number of carbonyl (C=O) groups is 1. The first-order valence-electron chi connectivity index (χ1n) is 10.2. The SMILES string of the molecule is COC(=O)CCC/C=C\C[C@@H]1CCC[C@@H]1/C=C/CO[Si](C)(C)C(C)(C)C. The van der Waals surface area contributed by atoms with Gasteiger partial charge in [0.2, 0.25) is 0 Å². The molecule has 0 heterocycles. The summed E-state index contributed by atoms with van der Waals surface area (Å²) in [4.78, 5) is 11.1. The van der Waals surface area contributed by atoms with E-state index < -0.39 is 8.32 Å². The van der Waals surface area contributed by atoms with E-state index in [1.807, 2.05) is 0 Å². The number of unbranched alkanes of at least 4 members (excludes halogenated alkanes) is 1. The van der Waals surface area contributed by atoms with Crippen molar-refractivity contribution in [3.8, 4) is 0 Å². The molecule has 0 aromatic carbocycles. The maximum Gasteiger partial charge on any atom is 0.305 e. The third-order valence-electron chi connectivity index (χ3n) is 6.03. The van der Waals surface area contributed by atoms with Crippen LogP contribution in [0, 0.1) is 11.8 Å². The highest BCUT2D eigenvalue weighted by Crippen LogP contribution is 2.37. The summed E-state index contributed by atoms with van der Waals surface area (Å²) in [5.41, 5.74) is 0. The lowest BCUT2D eigenvalue weighted by atomic mass is 9.92. The minimum atomic E-state index is -1.64. The first-order chi connectivity index (χ1) is 12.2. The van der Waals surface area contributed by atoms with Crippen LogP contribution < -0.4 is 0 Å². The van der Waals surface area contributed by atoms with E-state index in [-0.39, 0.29) is 11.0 Å². The molecule has 0 radical (unpaired) electrons. The van der Waals surface area contributed by atoms with Crippen LogP contribution in [-0.4, -0.2) is 28.0 Å². The zero-order chi connectivity index (χ0) is 19.6. The third-order valence-corrected chi connectivity index (χ3v) is 10.5. The lowest BCUT2D eigenvalue weighted by Crippen LogP contribution is -2.40. The minimum Gasteiger partial charge on any atom is -0.469 e. The highest BCUT2D eigenvalue weighted by molar-refractivity contribution is 6.74. The fraction of sp³-hybridized carbons (Fsp3) is 0.773. The Hall–Kier alpha value is -0.873. The van der Waals surface area contributed by atoms with Gasteiger partial charge < -0.3 is 9.16 Å². The average molecular weight is 381 g/mol. The Bertz CT molecular complexity index is 474.